The lowest BCUT2D eigenvalue weighted by Gasteiger charge is -2.27. The Balaban J connectivity index is 1.79. The van der Waals surface area contributed by atoms with E-state index in [4.69, 9.17) is 25.7 Å². The number of hydrogen-bond acceptors (Lipinski definition) is 7. The van der Waals surface area contributed by atoms with Crippen molar-refractivity contribution in [3.63, 3.8) is 0 Å². The fourth-order valence-corrected chi connectivity index (χ4v) is 3.85. The van der Waals surface area contributed by atoms with Crippen LogP contribution in [0.25, 0.3) is 5.65 Å². The number of aryl methyl sites for hydroxylation is 1. The van der Waals surface area contributed by atoms with Gasteiger partial charge < -0.3 is 25.8 Å². The summed E-state index contributed by atoms with van der Waals surface area (Å²) in [6.45, 7) is 8.40. The van der Waals surface area contributed by atoms with Crippen LogP contribution in [0.15, 0.2) is 24.3 Å². The SMILES string of the molecule is Cc1cccc(Cc2c(CNCCO)nc3c(N)cc(N4CCOCC4)nn23)c1C. The highest BCUT2D eigenvalue weighted by molar-refractivity contribution is 5.69. The van der Waals surface area contributed by atoms with Crippen molar-refractivity contribution in [1.82, 2.24) is 19.9 Å². The van der Waals surface area contributed by atoms with Gasteiger partial charge in [0.2, 0.25) is 0 Å². The summed E-state index contributed by atoms with van der Waals surface area (Å²) in [5.74, 6) is 0.845. The molecule has 3 aromatic rings. The molecular weight excluding hydrogens is 380 g/mol. The van der Waals surface area contributed by atoms with Crippen LogP contribution in [0.4, 0.5) is 11.5 Å². The van der Waals surface area contributed by atoms with Gasteiger partial charge in [0, 0.05) is 38.7 Å². The predicted molar refractivity (Wildman–Crippen MR) is 118 cm³/mol. The van der Waals surface area contributed by atoms with Gasteiger partial charge in [-0.2, -0.15) is 0 Å². The van der Waals surface area contributed by atoms with Crippen LogP contribution in [0, 0.1) is 13.8 Å². The molecule has 0 aliphatic carbocycles. The van der Waals surface area contributed by atoms with E-state index < -0.39 is 0 Å². The van der Waals surface area contributed by atoms with Crippen LogP contribution in [0.5, 0.6) is 0 Å². The van der Waals surface area contributed by atoms with Gasteiger partial charge in [-0.25, -0.2) is 9.50 Å². The minimum Gasteiger partial charge on any atom is -0.396 e. The molecule has 4 rings (SSSR count). The third-order valence-electron chi connectivity index (χ3n) is 5.77. The van der Waals surface area contributed by atoms with Crippen LogP contribution in [-0.2, 0) is 17.7 Å². The number of imidazole rings is 1. The number of morpholine rings is 1. The van der Waals surface area contributed by atoms with E-state index in [1.807, 2.05) is 10.6 Å². The second-order valence-electron chi connectivity index (χ2n) is 7.73. The molecule has 3 heterocycles. The zero-order valence-electron chi connectivity index (χ0n) is 17.7. The van der Waals surface area contributed by atoms with Crippen molar-refractivity contribution in [2.24, 2.45) is 0 Å². The predicted octanol–water partition coefficient (Wildman–Crippen LogP) is 1.44. The van der Waals surface area contributed by atoms with Gasteiger partial charge >= 0.3 is 0 Å². The molecule has 8 heteroatoms. The average Bonchev–Trinajstić information content (AvgIpc) is 3.10. The summed E-state index contributed by atoms with van der Waals surface area (Å²) in [5, 5.41) is 17.3. The van der Waals surface area contributed by atoms with Gasteiger partial charge in [-0.3, -0.25) is 0 Å². The Kier molecular flexibility index (Phi) is 6.17. The van der Waals surface area contributed by atoms with E-state index in [0.717, 1.165) is 30.3 Å². The number of hydrogen-bond donors (Lipinski definition) is 3. The fourth-order valence-electron chi connectivity index (χ4n) is 3.85. The van der Waals surface area contributed by atoms with E-state index in [1.54, 1.807) is 0 Å². The molecule has 1 aliphatic rings. The molecule has 2 aromatic heterocycles. The molecule has 30 heavy (non-hydrogen) atoms. The zero-order valence-corrected chi connectivity index (χ0v) is 17.7. The number of nitrogens with zero attached hydrogens (tertiary/aromatic N) is 4. The fraction of sp³-hybridized carbons (Fsp3) is 0.455. The lowest BCUT2D eigenvalue weighted by Crippen LogP contribution is -2.37. The number of nitrogens with two attached hydrogens (primary N) is 1. The summed E-state index contributed by atoms with van der Waals surface area (Å²) in [5.41, 5.74) is 13.4. The molecule has 0 saturated carbocycles. The van der Waals surface area contributed by atoms with E-state index >= 15 is 0 Å². The maximum Gasteiger partial charge on any atom is 0.177 e. The van der Waals surface area contributed by atoms with Crippen molar-refractivity contribution in [1.29, 1.82) is 0 Å². The standard InChI is InChI=1S/C22H30N6O2/c1-15-4-3-5-17(16(15)2)12-20-19(14-24-6-9-29)25-22-18(23)13-21(26-28(20)22)27-7-10-30-11-8-27/h3-5,13,24,29H,6-12,14,23H2,1-2H3. The molecule has 1 aliphatic heterocycles. The summed E-state index contributed by atoms with van der Waals surface area (Å²) in [6.07, 6.45) is 0.712. The third kappa shape index (κ3) is 4.12. The molecule has 0 radical (unpaired) electrons. The number of aromatic nitrogens is 3. The molecule has 8 nitrogen and oxygen atoms in total. The van der Waals surface area contributed by atoms with Crippen molar-refractivity contribution in [2.75, 3.05) is 50.1 Å². The highest BCUT2D eigenvalue weighted by Gasteiger charge is 2.20. The number of fused-ring (bicyclic) bond motifs is 1. The second kappa shape index (κ2) is 8.99. The number of nitrogens with one attached hydrogen (secondary N) is 1. The quantitative estimate of drug-likeness (QED) is 0.507. The molecule has 1 fully saturated rings. The molecule has 0 amide bonds. The number of aliphatic hydroxyl groups excluding tert-OH is 1. The molecule has 1 aromatic carbocycles. The lowest BCUT2D eigenvalue weighted by atomic mass is 9.99. The van der Waals surface area contributed by atoms with Gasteiger partial charge in [-0.05, 0) is 30.5 Å². The molecule has 0 bridgehead atoms. The van der Waals surface area contributed by atoms with Crippen LogP contribution in [-0.4, -0.2) is 59.2 Å². The second-order valence-corrected chi connectivity index (χ2v) is 7.73. The van der Waals surface area contributed by atoms with Crippen LogP contribution >= 0.6 is 0 Å². The molecule has 1 saturated heterocycles. The monoisotopic (exact) mass is 410 g/mol. The van der Waals surface area contributed by atoms with E-state index in [0.29, 0.717) is 44.1 Å². The number of aliphatic hydroxyl groups is 1. The van der Waals surface area contributed by atoms with Gasteiger partial charge in [0.05, 0.1) is 36.9 Å². The normalized spacial score (nSPS) is 14.6. The van der Waals surface area contributed by atoms with Crippen molar-refractivity contribution < 1.29 is 9.84 Å². The Bertz CT molecular complexity index is 1030. The van der Waals surface area contributed by atoms with Crippen molar-refractivity contribution in [3.8, 4) is 0 Å². The summed E-state index contributed by atoms with van der Waals surface area (Å²) in [4.78, 5) is 7.01. The van der Waals surface area contributed by atoms with Crippen LogP contribution in [0.2, 0.25) is 0 Å². The number of benzene rings is 1. The van der Waals surface area contributed by atoms with Gasteiger partial charge in [0.25, 0.3) is 0 Å². The number of rotatable bonds is 7. The number of anilines is 2. The Hall–Kier alpha value is -2.68. The minimum absolute atomic E-state index is 0.0846. The molecule has 0 unspecified atom stereocenters. The Labute approximate surface area is 176 Å². The van der Waals surface area contributed by atoms with Crippen molar-refractivity contribution in [2.45, 2.75) is 26.8 Å². The van der Waals surface area contributed by atoms with Gasteiger partial charge in [-0.1, -0.05) is 18.2 Å². The van der Waals surface area contributed by atoms with Gasteiger partial charge in [0.1, 0.15) is 0 Å². The van der Waals surface area contributed by atoms with Gasteiger partial charge in [0.15, 0.2) is 11.5 Å². The third-order valence-corrected chi connectivity index (χ3v) is 5.77. The summed E-state index contributed by atoms with van der Waals surface area (Å²) in [6, 6.07) is 8.28. The molecule has 4 N–H and O–H groups in total. The Morgan fingerprint density at radius 2 is 2.03 bits per heavy atom. The van der Waals surface area contributed by atoms with Crippen molar-refractivity contribution >= 4 is 17.2 Å². The summed E-state index contributed by atoms with van der Waals surface area (Å²) >= 11 is 0. The first-order valence-electron chi connectivity index (χ1n) is 10.4. The van der Waals surface area contributed by atoms with Crippen LogP contribution in [0.1, 0.15) is 28.1 Å². The Morgan fingerprint density at radius 1 is 1.23 bits per heavy atom. The summed E-state index contributed by atoms with van der Waals surface area (Å²) in [7, 11) is 0. The van der Waals surface area contributed by atoms with E-state index in [-0.39, 0.29) is 6.61 Å². The van der Waals surface area contributed by atoms with E-state index in [1.165, 1.54) is 16.7 Å². The molecule has 160 valence electrons. The maximum atomic E-state index is 9.14. The van der Waals surface area contributed by atoms with Crippen molar-refractivity contribution in [3.05, 3.63) is 52.3 Å². The first-order chi connectivity index (χ1) is 14.6. The van der Waals surface area contributed by atoms with E-state index in [9.17, 15) is 0 Å². The lowest BCUT2D eigenvalue weighted by molar-refractivity contribution is 0.122. The first kappa shape index (κ1) is 20.6. The first-order valence-corrected chi connectivity index (χ1v) is 10.4. The average molecular weight is 411 g/mol. The largest absolute Gasteiger partial charge is 0.396 e. The summed E-state index contributed by atoms with van der Waals surface area (Å²) < 4.78 is 7.38. The topological polar surface area (TPSA) is 101 Å². The zero-order chi connectivity index (χ0) is 21.1. The smallest absolute Gasteiger partial charge is 0.177 e. The van der Waals surface area contributed by atoms with E-state index in [2.05, 4.69) is 42.3 Å². The molecule has 0 atom stereocenters. The molecular formula is C22H30N6O2. The molecule has 0 spiro atoms. The maximum absolute atomic E-state index is 9.14. The van der Waals surface area contributed by atoms with Gasteiger partial charge in [-0.15, -0.1) is 5.10 Å². The Morgan fingerprint density at radius 3 is 2.80 bits per heavy atom. The van der Waals surface area contributed by atoms with Crippen LogP contribution < -0.4 is 16.0 Å². The highest BCUT2D eigenvalue weighted by Crippen LogP contribution is 2.25. The van der Waals surface area contributed by atoms with Crippen LogP contribution in [0.3, 0.4) is 0 Å². The number of ether oxygens (including phenoxy) is 1. The highest BCUT2D eigenvalue weighted by atomic mass is 16.5. The number of nitrogen functional groups attached to an aromatic ring is 1. The minimum atomic E-state index is 0.0846.